The number of rotatable bonds is 3. The predicted octanol–water partition coefficient (Wildman–Crippen LogP) is 12.7. The predicted molar refractivity (Wildman–Crippen MR) is 222 cm³/mol. The zero-order chi connectivity index (χ0) is 34.9. The van der Waals surface area contributed by atoms with Crippen LogP contribution in [0.15, 0.2) is 195 Å². The van der Waals surface area contributed by atoms with Gasteiger partial charge in [0.25, 0.3) is 0 Å². The molecule has 11 rings (SSSR count). The molecule has 4 nitrogen and oxygen atoms in total. The summed E-state index contributed by atoms with van der Waals surface area (Å²) in [5, 5.41) is 10.6. The molecule has 8 aromatic carbocycles. The minimum atomic E-state index is 0.972. The van der Waals surface area contributed by atoms with Gasteiger partial charge >= 0.3 is 0 Å². The molecule has 0 atom stereocenters. The zero-order valence-corrected chi connectivity index (χ0v) is 28.8. The van der Waals surface area contributed by atoms with E-state index in [-0.39, 0.29) is 0 Å². The monoisotopic (exact) mass is 676 g/mol. The van der Waals surface area contributed by atoms with Gasteiger partial charge in [0.2, 0.25) is 0 Å². The minimum Gasteiger partial charge on any atom is -0.314 e. The Hall–Kier alpha value is -7.17. The molecule has 0 radical (unpaired) electrons. The number of para-hydroxylation sites is 4. The maximum Gasteiger partial charge on any atom is 0.0787 e. The Morgan fingerprint density at radius 3 is 1.38 bits per heavy atom. The van der Waals surface area contributed by atoms with E-state index in [1.54, 1.807) is 0 Å². The van der Waals surface area contributed by atoms with Gasteiger partial charge in [-0.25, -0.2) is 0 Å². The van der Waals surface area contributed by atoms with E-state index in [0.717, 1.165) is 49.8 Å². The second-order valence-corrected chi connectivity index (χ2v) is 13.6. The lowest BCUT2D eigenvalue weighted by molar-refractivity contribution is 1.01. The molecule has 0 aliphatic rings. The highest BCUT2D eigenvalue weighted by Crippen LogP contribution is 2.39. The van der Waals surface area contributed by atoms with Crippen molar-refractivity contribution in [3.05, 3.63) is 195 Å². The van der Waals surface area contributed by atoms with E-state index in [0.29, 0.717) is 0 Å². The zero-order valence-electron chi connectivity index (χ0n) is 28.8. The van der Waals surface area contributed by atoms with E-state index >= 15 is 0 Å². The highest BCUT2D eigenvalue weighted by atomic mass is 15.0. The van der Waals surface area contributed by atoms with E-state index < -0.39 is 0 Å². The fourth-order valence-electron chi connectivity index (χ4n) is 8.42. The van der Waals surface area contributed by atoms with Gasteiger partial charge in [0, 0.05) is 57.2 Å². The molecule has 11 aromatic rings. The number of benzene rings is 7. The van der Waals surface area contributed by atoms with Gasteiger partial charge in [0.15, 0.2) is 0 Å². The van der Waals surface area contributed by atoms with Crippen LogP contribution in [0.25, 0.3) is 93.1 Å². The van der Waals surface area contributed by atoms with Crippen molar-refractivity contribution in [3.8, 4) is 17.1 Å². The van der Waals surface area contributed by atoms with Crippen LogP contribution in [0.1, 0.15) is 0 Å². The topological polar surface area (TPSA) is 27.7 Å². The molecular formula is C49H32N4. The summed E-state index contributed by atoms with van der Waals surface area (Å²) in [7, 11) is 0. The van der Waals surface area contributed by atoms with E-state index in [1.807, 2.05) is 6.20 Å². The Balaban J connectivity index is 1.33. The SMILES string of the molecule is c1ccc(-n2ccn(-c3ccccc3)c3cc4c(cc32)c2ccccc2c2cc(-n3c5ccccc5c5ccccc53)ccc2c2cccnc24)cc1. The molecule has 0 amide bonds. The molecule has 3 heterocycles. The van der Waals surface area contributed by atoms with Crippen LogP contribution >= 0.6 is 0 Å². The summed E-state index contributed by atoms with van der Waals surface area (Å²) in [6.45, 7) is 0. The molecule has 53 heavy (non-hydrogen) atoms. The maximum atomic E-state index is 5.16. The fourth-order valence-corrected chi connectivity index (χ4v) is 8.42. The molecule has 0 unspecified atom stereocenters. The van der Waals surface area contributed by atoms with Crippen LogP contribution in [-0.4, -0.2) is 18.7 Å². The average Bonchev–Trinajstić information content (AvgIpc) is 3.57. The first-order chi connectivity index (χ1) is 26.3. The fraction of sp³-hybridized carbons (Fsp3) is 0. The molecule has 0 saturated heterocycles. The van der Waals surface area contributed by atoms with Gasteiger partial charge in [0.1, 0.15) is 0 Å². The number of hydrogen-bond acceptors (Lipinski definition) is 1. The normalized spacial score (nSPS) is 11.8. The molecule has 0 spiro atoms. The molecule has 0 aliphatic heterocycles. The van der Waals surface area contributed by atoms with E-state index in [2.05, 4.69) is 202 Å². The van der Waals surface area contributed by atoms with Gasteiger partial charge in [-0.2, -0.15) is 0 Å². The van der Waals surface area contributed by atoms with Gasteiger partial charge in [-0.05, 0) is 93.7 Å². The van der Waals surface area contributed by atoms with Crippen molar-refractivity contribution in [1.29, 1.82) is 0 Å². The molecular weight excluding hydrogens is 645 g/mol. The van der Waals surface area contributed by atoms with Crippen LogP contribution in [0.3, 0.4) is 0 Å². The standard InChI is InChI=1S/C49H32N4/c1-3-14-33(15-4-1)51-28-29-52(34-16-5-2-6-17-34)48-32-44-43(31-47(48)51)37-19-8-7-18-36(37)42-30-35(25-26-38(42)41-22-13-27-50-49(41)44)53-45-23-11-9-20-39(45)40-21-10-12-24-46(40)53/h1-32H. The van der Waals surface area contributed by atoms with Crippen molar-refractivity contribution >= 4 is 76.1 Å². The van der Waals surface area contributed by atoms with E-state index in [4.69, 9.17) is 4.98 Å². The lowest BCUT2D eigenvalue weighted by atomic mass is 9.95. The van der Waals surface area contributed by atoms with E-state index in [9.17, 15) is 0 Å². The van der Waals surface area contributed by atoms with Crippen molar-refractivity contribution in [1.82, 2.24) is 18.7 Å². The van der Waals surface area contributed by atoms with Crippen LogP contribution in [0.5, 0.6) is 0 Å². The number of nitrogens with zero attached hydrogens (tertiary/aromatic N) is 4. The first kappa shape index (κ1) is 29.5. The summed E-state index contributed by atoms with van der Waals surface area (Å²) < 4.78 is 6.99. The van der Waals surface area contributed by atoms with Crippen molar-refractivity contribution < 1.29 is 0 Å². The molecule has 0 saturated carbocycles. The highest BCUT2D eigenvalue weighted by Gasteiger charge is 2.16. The Kier molecular flexibility index (Phi) is 6.52. The van der Waals surface area contributed by atoms with Gasteiger partial charge < -0.3 is 13.7 Å². The molecule has 248 valence electrons. The van der Waals surface area contributed by atoms with Crippen LogP contribution in [0, 0.1) is 0 Å². The second-order valence-electron chi connectivity index (χ2n) is 13.6. The Morgan fingerprint density at radius 1 is 0.302 bits per heavy atom. The lowest BCUT2D eigenvalue weighted by Crippen LogP contribution is -2.05. The summed E-state index contributed by atoms with van der Waals surface area (Å²) in [6, 6.07) is 63.4. The maximum absolute atomic E-state index is 5.16. The quantitative estimate of drug-likeness (QED) is 0.183. The molecule has 3 aromatic heterocycles. The number of pyridine rings is 1. The van der Waals surface area contributed by atoms with Gasteiger partial charge in [0.05, 0.1) is 27.6 Å². The van der Waals surface area contributed by atoms with Crippen LogP contribution in [-0.2, 0) is 0 Å². The summed E-state index contributed by atoms with van der Waals surface area (Å²) in [4.78, 5) is 5.16. The van der Waals surface area contributed by atoms with Crippen LogP contribution in [0.2, 0.25) is 0 Å². The summed E-state index contributed by atoms with van der Waals surface area (Å²) >= 11 is 0. The summed E-state index contributed by atoms with van der Waals surface area (Å²) in [6.07, 6.45) is 6.26. The first-order valence-corrected chi connectivity index (χ1v) is 18.0. The molecule has 0 aliphatic carbocycles. The largest absolute Gasteiger partial charge is 0.314 e. The Labute approximate surface area is 305 Å². The smallest absolute Gasteiger partial charge is 0.0787 e. The van der Waals surface area contributed by atoms with Crippen molar-refractivity contribution in [2.24, 2.45) is 0 Å². The number of hydrogen-bond donors (Lipinski definition) is 0. The second kappa shape index (κ2) is 11.7. The highest BCUT2D eigenvalue weighted by molar-refractivity contribution is 6.26. The Morgan fingerprint density at radius 2 is 0.774 bits per heavy atom. The van der Waals surface area contributed by atoms with Gasteiger partial charge in [-0.15, -0.1) is 0 Å². The molecule has 0 bridgehead atoms. The molecule has 0 N–H and O–H groups in total. The number of fused-ring (bicyclic) bond motifs is 12. The average molecular weight is 677 g/mol. The third kappa shape index (κ3) is 4.52. The van der Waals surface area contributed by atoms with Crippen molar-refractivity contribution in [3.63, 3.8) is 0 Å². The third-order valence-electron chi connectivity index (χ3n) is 10.8. The first-order valence-electron chi connectivity index (χ1n) is 18.0. The Bertz CT molecular complexity index is 3220. The minimum absolute atomic E-state index is 0.972. The summed E-state index contributed by atoms with van der Waals surface area (Å²) in [5.74, 6) is 0. The van der Waals surface area contributed by atoms with Gasteiger partial charge in [-0.3, -0.25) is 4.98 Å². The summed E-state index contributed by atoms with van der Waals surface area (Å²) in [5.41, 5.74) is 8.91. The van der Waals surface area contributed by atoms with E-state index in [1.165, 1.54) is 43.4 Å². The lowest BCUT2D eigenvalue weighted by Gasteiger charge is -2.19. The van der Waals surface area contributed by atoms with Crippen molar-refractivity contribution in [2.75, 3.05) is 0 Å². The van der Waals surface area contributed by atoms with Gasteiger partial charge in [-0.1, -0.05) is 109 Å². The molecule has 4 heteroatoms. The third-order valence-corrected chi connectivity index (χ3v) is 10.8. The number of aromatic nitrogens is 4. The van der Waals surface area contributed by atoms with Crippen LogP contribution in [0.4, 0.5) is 0 Å². The van der Waals surface area contributed by atoms with Crippen molar-refractivity contribution in [2.45, 2.75) is 0 Å². The molecule has 0 fully saturated rings. The van der Waals surface area contributed by atoms with Crippen LogP contribution < -0.4 is 0 Å².